The summed E-state index contributed by atoms with van der Waals surface area (Å²) in [5.41, 5.74) is 4.42. The summed E-state index contributed by atoms with van der Waals surface area (Å²) in [4.78, 5) is 27.0. The number of benzene rings is 1. The zero-order chi connectivity index (χ0) is 17.4. The fourth-order valence-corrected chi connectivity index (χ4v) is 3.74. The SMILES string of the molecule is O=P(O)(O)Cc1ccc(Cn2c3ccccc3c3ncccc32)nc1. The van der Waals surface area contributed by atoms with Crippen molar-refractivity contribution >= 4 is 29.5 Å². The molecule has 1 aromatic carbocycles. The highest BCUT2D eigenvalue weighted by Crippen LogP contribution is 2.38. The molecule has 25 heavy (non-hydrogen) atoms. The minimum Gasteiger partial charge on any atom is -0.333 e. The summed E-state index contributed by atoms with van der Waals surface area (Å²) in [6, 6.07) is 15.6. The summed E-state index contributed by atoms with van der Waals surface area (Å²) in [5, 5.41) is 1.09. The number of pyridine rings is 2. The molecule has 2 N–H and O–H groups in total. The highest BCUT2D eigenvalue weighted by molar-refractivity contribution is 7.50. The zero-order valence-corrected chi connectivity index (χ0v) is 14.2. The average molecular weight is 353 g/mol. The van der Waals surface area contributed by atoms with Gasteiger partial charge in [-0.15, -0.1) is 0 Å². The predicted molar refractivity (Wildman–Crippen MR) is 96.3 cm³/mol. The number of aromatic nitrogens is 3. The Kier molecular flexibility index (Phi) is 3.88. The highest BCUT2D eigenvalue weighted by atomic mass is 31.2. The van der Waals surface area contributed by atoms with Crippen molar-refractivity contribution in [3.05, 3.63) is 72.2 Å². The summed E-state index contributed by atoms with van der Waals surface area (Å²) < 4.78 is 13.2. The largest absolute Gasteiger partial charge is 0.333 e. The number of nitrogens with zero attached hydrogens (tertiary/aromatic N) is 3. The first-order valence-corrected chi connectivity index (χ1v) is 9.61. The molecule has 0 spiro atoms. The van der Waals surface area contributed by atoms with Gasteiger partial charge in [0.15, 0.2) is 0 Å². The number of fused-ring (bicyclic) bond motifs is 3. The first-order chi connectivity index (χ1) is 12.0. The van der Waals surface area contributed by atoms with E-state index in [1.807, 2.05) is 30.3 Å². The van der Waals surface area contributed by atoms with Crippen molar-refractivity contribution in [3.63, 3.8) is 0 Å². The summed E-state index contributed by atoms with van der Waals surface area (Å²) in [7, 11) is -4.08. The summed E-state index contributed by atoms with van der Waals surface area (Å²) in [6.07, 6.45) is 3.02. The molecule has 0 aliphatic rings. The molecule has 6 nitrogen and oxygen atoms in total. The maximum atomic E-state index is 11.1. The Morgan fingerprint density at radius 1 is 0.960 bits per heavy atom. The van der Waals surface area contributed by atoms with Crippen LogP contribution in [0.2, 0.25) is 0 Å². The van der Waals surface area contributed by atoms with Crippen LogP contribution in [0.25, 0.3) is 21.9 Å². The molecule has 0 amide bonds. The van der Waals surface area contributed by atoms with Crippen molar-refractivity contribution in [2.24, 2.45) is 0 Å². The molecule has 0 bridgehead atoms. The van der Waals surface area contributed by atoms with E-state index >= 15 is 0 Å². The fourth-order valence-electron chi connectivity index (χ4n) is 3.07. The average Bonchev–Trinajstić information content (AvgIpc) is 2.90. The van der Waals surface area contributed by atoms with Crippen molar-refractivity contribution in [2.45, 2.75) is 12.7 Å². The second-order valence-corrected chi connectivity index (χ2v) is 7.60. The lowest BCUT2D eigenvalue weighted by molar-refractivity contribution is 0.371. The molecule has 0 radical (unpaired) electrons. The lowest BCUT2D eigenvalue weighted by Crippen LogP contribution is -2.02. The van der Waals surface area contributed by atoms with E-state index in [2.05, 4.69) is 26.7 Å². The van der Waals surface area contributed by atoms with Gasteiger partial charge in [-0.05, 0) is 29.8 Å². The van der Waals surface area contributed by atoms with Crippen molar-refractivity contribution in [1.29, 1.82) is 0 Å². The Labute approximate surface area is 143 Å². The third-order valence-electron chi connectivity index (χ3n) is 4.12. The molecule has 7 heteroatoms. The Bertz CT molecular complexity index is 1050. The molecule has 0 unspecified atom stereocenters. The highest BCUT2D eigenvalue weighted by Gasteiger charge is 2.15. The lowest BCUT2D eigenvalue weighted by Gasteiger charge is -2.08. The van der Waals surface area contributed by atoms with E-state index in [0.717, 1.165) is 27.6 Å². The predicted octanol–water partition coefficient (Wildman–Crippen LogP) is 3.31. The molecule has 3 aromatic heterocycles. The maximum Gasteiger partial charge on any atom is 0.329 e. The molecule has 126 valence electrons. The standard InChI is InChI=1S/C18H16N3O3P/c22-25(23,24)12-13-7-8-14(20-10-13)11-21-16-5-2-1-4-15(16)18-17(21)6-3-9-19-18/h1-10H,11-12H2,(H2,22,23,24). The number of hydrogen-bond donors (Lipinski definition) is 2. The van der Waals surface area contributed by atoms with E-state index < -0.39 is 7.60 Å². The normalized spacial score (nSPS) is 12.1. The summed E-state index contributed by atoms with van der Waals surface area (Å²) in [6.45, 7) is 0.561. The molecule has 4 rings (SSSR count). The quantitative estimate of drug-likeness (QED) is 0.550. The van der Waals surface area contributed by atoms with Crippen LogP contribution in [0.15, 0.2) is 60.9 Å². The second-order valence-electron chi connectivity index (χ2n) is 5.96. The van der Waals surface area contributed by atoms with Crippen molar-refractivity contribution < 1.29 is 14.4 Å². The molecule has 0 atom stereocenters. The Hall–Kier alpha value is -2.53. The van der Waals surface area contributed by atoms with Gasteiger partial charge in [0.05, 0.1) is 35.0 Å². The fraction of sp³-hybridized carbons (Fsp3) is 0.111. The molecular weight excluding hydrogens is 337 g/mol. The van der Waals surface area contributed by atoms with Crippen LogP contribution < -0.4 is 0 Å². The molecule has 0 aliphatic carbocycles. The third-order valence-corrected chi connectivity index (χ3v) is 4.90. The topological polar surface area (TPSA) is 88.2 Å². The Balaban J connectivity index is 1.74. The van der Waals surface area contributed by atoms with Gasteiger partial charge in [-0.25, -0.2) is 0 Å². The first kappa shape index (κ1) is 16.0. The van der Waals surface area contributed by atoms with E-state index in [9.17, 15) is 4.57 Å². The number of hydrogen-bond acceptors (Lipinski definition) is 3. The first-order valence-electron chi connectivity index (χ1n) is 7.82. The Morgan fingerprint density at radius 3 is 2.52 bits per heavy atom. The molecule has 0 fully saturated rings. The van der Waals surface area contributed by atoms with Crippen LogP contribution in [-0.4, -0.2) is 24.3 Å². The molecular formula is C18H16N3O3P. The van der Waals surface area contributed by atoms with Gasteiger partial charge in [0, 0.05) is 17.8 Å². The molecule has 0 saturated carbocycles. The molecule has 0 aliphatic heterocycles. The zero-order valence-electron chi connectivity index (χ0n) is 13.3. The van der Waals surface area contributed by atoms with Gasteiger partial charge in [0.25, 0.3) is 0 Å². The van der Waals surface area contributed by atoms with Gasteiger partial charge >= 0.3 is 7.60 Å². The van der Waals surface area contributed by atoms with Gasteiger partial charge in [-0.1, -0.05) is 24.3 Å². The van der Waals surface area contributed by atoms with Gasteiger partial charge in [-0.2, -0.15) is 0 Å². The van der Waals surface area contributed by atoms with Crippen LogP contribution in [-0.2, 0) is 17.3 Å². The van der Waals surface area contributed by atoms with Crippen LogP contribution in [0.5, 0.6) is 0 Å². The Morgan fingerprint density at radius 2 is 1.76 bits per heavy atom. The van der Waals surface area contributed by atoms with E-state index in [-0.39, 0.29) is 6.16 Å². The maximum absolute atomic E-state index is 11.1. The lowest BCUT2D eigenvalue weighted by atomic mass is 10.2. The van der Waals surface area contributed by atoms with E-state index in [1.165, 1.54) is 6.20 Å². The smallest absolute Gasteiger partial charge is 0.329 e. The second kappa shape index (κ2) is 6.08. The summed E-state index contributed by atoms with van der Waals surface area (Å²) >= 11 is 0. The monoisotopic (exact) mass is 353 g/mol. The van der Waals surface area contributed by atoms with Gasteiger partial charge in [0.1, 0.15) is 0 Å². The minimum atomic E-state index is -4.08. The molecule has 4 aromatic rings. The van der Waals surface area contributed by atoms with E-state index in [0.29, 0.717) is 12.1 Å². The summed E-state index contributed by atoms with van der Waals surface area (Å²) in [5.74, 6) is 0. The third kappa shape index (κ3) is 3.20. The number of rotatable bonds is 4. The van der Waals surface area contributed by atoms with Crippen molar-refractivity contribution in [3.8, 4) is 0 Å². The molecule has 3 heterocycles. The van der Waals surface area contributed by atoms with Crippen LogP contribution in [0, 0.1) is 0 Å². The van der Waals surface area contributed by atoms with E-state index in [4.69, 9.17) is 9.79 Å². The van der Waals surface area contributed by atoms with Crippen LogP contribution in [0.4, 0.5) is 0 Å². The van der Waals surface area contributed by atoms with E-state index in [1.54, 1.807) is 12.3 Å². The van der Waals surface area contributed by atoms with Gasteiger partial charge < -0.3 is 14.4 Å². The van der Waals surface area contributed by atoms with Gasteiger partial charge in [-0.3, -0.25) is 14.5 Å². The van der Waals surface area contributed by atoms with Crippen LogP contribution >= 0.6 is 7.60 Å². The number of para-hydroxylation sites is 1. The van der Waals surface area contributed by atoms with Crippen molar-refractivity contribution in [2.75, 3.05) is 0 Å². The van der Waals surface area contributed by atoms with Gasteiger partial charge in [0.2, 0.25) is 0 Å². The molecule has 0 saturated heterocycles. The van der Waals surface area contributed by atoms with Crippen LogP contribution in [0.1, 0.15) is 11.3 Å². The van der Waals surface area contributed by atoms with Crippen molar-refractivity contribution in [1.82, 2.24) is 14.5 Å². The minimum absolute atomic E-state index is 0.292. The van der Waals surface area contributed by atoms with Crippen LogP contribution in [0.3, 0.4) is 0 Å².